The van der Waals surface area contributed by atoms with Gasteiger partial charge >= 0.3 is 0 Å². The van der Waals surface area contributed by atoms with Crippen LogP contribution in [-0.4, -0.2) is 24.4 Å². The molecule has 102 valence electrons. The smallest absolute Gasteiger partial charge is 0.148 e. The Morgan fingerprint density at radius 2 is 2.00 bits per heavy atom. The van der Waals surface area contributed by atoms with Gasteiger partial charge < -0.3 is 20.9 Å². The number of nitrogen functional groups attached to an aromatic ring is 1. The fourth-order valence-corrected chi connectivity index (χ4v) is 1.64. The molecule has 4 N–H and O–H groups in total. The Kier molecular flexibility index (Phi) is 4.78. The summed E-state index contributed by atoms with van der Waals surface area (Å²) in [7, 11) is 1.47. The van der Waals surface area contributed by atoms with Gasteiger partial charge in [-0.2, -0.15) is 0 Å². The van der Waals surface area contributed by atoms with Gasteiger partial charge in [0, 0.05) is 18.7 Å². The van der Waals surface area contributed by atoms with Crippen LogP contribution >= 0.6 is 0 Å². The molecule has 0 aliphatic heterocycles. The van der Waals surface area contributed by atoms with Crippen molar-refractivity contribution >= 4 is 11.4 Å². The maximum absolute atomic E-state index is 13.7. The third kappa shape index (κ3) is 3.26. The summed E-state index contributed by atoms with van der Waals surface area (Å²) in [6.07, 6.45) is 1.20. The minimum atomic E-state index is -0.832. The van der Waals surface area contributed by atoms with Crippen molar-refractivity contribution in [2.24, 2.45) is 0 Å². The zero-order valence-corrected chi connectivity index (χ0v) is 11.1. The van der Waals surface area contributed by atoms with Crippen LogP contribution in [0, 0.1) is 5.82 Å². The average molecular weight is 256 g/mol. The van der Waals surface area contributed by atoms with Gasteiger partial charge in [0.2, 0.25) is 0 Å². The first kappa shape index (κ1) is 14.6. The third-order valence-corrected chi connectivity index (χ3v) is 3.24. The van der Waals surface area contributed by atoms with E-state index in [0.29, 0.717) is 18.6 Å². The molecule has 0 aromatic heterocycles. The van der Waals surface area contributed by atoms with Crippen molar-refractivity contribution in [2.75, 3.05) is 24.7 Å². The number of methoxy groups -OCH3 is 1. The van der Waals surface area contributed by atoms with Crippen LogP contribution in [0.5, 0.6) is 5.75 Å². The summed E-state index contributed by atoms with van der Waals surface area (Å²) in [5.41, 5.74) is 5.29. The summed E-state index contributed by atoms with van der Waals surface area (Å²) >= 11 is 0. The molecule has 0 aliphatic carbocycles. The first-order valence-electron chi connectivity index (χ1n) is 6.05. The van der Waals surface area contributed by atoms with Crippen LogP contribution < -0.4 is 15.8 Å². The van der Waals surface area contributed by atoms with Crippen molar-refractivity contribution in [3.63, 3.8) is 0 Å². The minimum absolute atomic E-state index is 0.252. The molecule has 0 atom stereocenters. The van der Waals surface area contributed by atoms with Crippen molar-refractivity contribution in [1.82, 2.24) is 0 Å². The lowest BCUT2D eigenvalue weighted by molar-refractivity contribution is 0.0456. The highest BCUT2D eigenvalue weighted by Gasteiger charge is 2.22. The highest BCUT2D eigenvalue weighted by atomic mass is 19.1. The van der Waals surface area contributed by atoms with Gasteiger partial charge in [0.25, 0.3) is 0 Å². The number of nitrogens with two attached hydrogens (primary N) is 1. The number of anilines is 2. The van der Waals surface area contributed by atoms with Crippen molar-refractivity contribution in [3.05, 3.63) is 17.9 Å². The van der Waals surface area contributed by atoms with E-state index < -0.39 is 11.4 Å². The van der Waals surface area contributed by atoms with Crippen LogP contribution in [0.3, 0.4) is 0 Å². The van der Waals surface area contributed by atoms with E-state index in [0.717, 1.165) is 0 Å². The van der Waals surface area contributed by atoms with Crippen molar-refractivity contribution < 1.29 is 14.2 Å². The Bertz CT molecular complexity index is 406. The zero-order valence-electron chi connectivity index (χ0n) is 11.1. The molecule has 5 heteroatoms. The van der Waals surface area contributed by atoms with E-state index in [4.69, 9.17) is 10.5 Å². The summed E-state index contributed by atoms with van der Waals surface area (Å²) in [6, 6.07) is 2.70. The van der Waals surface area contributed by atoms with E-state index in [-0.39, 0.29) is 17.9 Å². The topological polar surface area (TPSA) is 67.5 Å². The molecule has 0 saturated heterocycles. The average Bonchev–Trinajstić information content (AvgIpc) is 2.37. The fourth-order valence-electron chi connectivity index (χ4n) is 1.64. The first-order chi connectivity index (χ1) is 8.45. The molecule has 4 nitrogen and oxygen atoms in total. The predicted molar refractivity (Wildman–Crippen MR) is 71.4 cm³/mol. The molecular weight excluding hydrogens is 235 g/mol. The lowest BCUT2D eigenvalue weighted by Crippen LogP contribution is -2.35. The van der Waals surface area contributed by atoms with Crippen molar-refractivity contribution in [1.29, 1.82) is 0 Å². The Labute approximate surface area is 107 Å². The first-order valence-corrected chi connectivity index (χ1v) is 6.05. The van der Waals surface area contributed by atoms with Crippen LogP contribution in [0.15, 0.2) is 12.1 Å². The number of hydrogen-bond acceptors (Lipinski definition) is 4. The van der Waals surface area contributed by atoms with E-state index >= 15 is 0 Å². The van der Waals surface area contributed by atoms with Gasteiger partial charge in [-0.25, -0.2) is 4.39 Å². The maximum Gasteiger partial charge on any atom is 0.148 e. The molecule has 0 heterocycles. The molecule has 1 aromatic carbocycles. The standard InChI is InChI=1S/C13H21FN2O2/c1-4-13(17,5-2)8-16-11-7-12(18-3)10(15)6-9(11)14/h6-7,16-17H,4-5,8,15H2,1-3H3. The number of benzene rings is 1. The van der Waals surface area contributed by atoms with Gasteiger partial charge in [-0.1, -0.05) is 13.8 Å². The maximum atomic E-state index is 13.7. The van der Waals surface area contributed by atoms with E-state index in [1.54, 1.807) is 0 Å². The highest BCUT2D eigenvalue weighted by Crippen LogP contribution is 2.28. The van der Waals surface area contributed by atoms with Crippen LogP contribution in [-0.2, 0) is 0 Å². The monoisotopic (exact) mass is 256 g/mol. The van der Waals surface area contributed by atoms with Gasteiger partial charge in [0.15, 0.2) is 0 Å². The predicted octanol–water partition coefficient (Wildman–Crippen LogP) is 2.38. The zero-order chi connectivity index (χ0) is 13.8. The molecule has 0 aliphatic rings. The van der Waals surface area contributed by atoms with Gasteiger partial charge in [-0.15, -0.1) is 0 Å². The molecule has 18 heavy (non-hydrogen) atoms. The number of ether oxygens (including phenoxy) is 1. The molecule has 0 unspecified atom stereocenters. The number of aliphatic hydroxyl groups is 1. The molecule has 0 amide bonds. The summed E-state index contributed by atoms with van der Waals surface area (Å²) < 4.78 is 18.7. The van der Waals surface area contributed by atoms with E-state index in [9.17, 15) is 9.50 Å². The number of halogens is 1. The van der Waals surface area contributed by atoms with Crippen LogP contribution in [0.4, 0.5) is 15.8 Å². The molecule has 0 saturated carbocycles. The summed E-state index contributed by atoms with van der Waals surface area (Å²) in [5.74, 6) is -0.0432. The quantitative estimate of drug-likeness (QED) is 0.684. The molecule has 0 fully saturated rings. The lowest BCUT2D eigenvalue weighted by atomic mass is 9.97. The minimum Gasteiger partial charge on any atom is -0.495 e. The van der Waals surface area contributed by atoms with Gasteiger partial charge in [0.1, 0.15) is 11.6 Å². The normalized spacial score (nSPS) is 11.4. The number of hydrogen-bond donors (Lipinski definition) is 3. The second-order valence-electron chi connectivity index (χ2n) is 4.36. The Morgan fingerprint density at radius 1 is 1.39 bits per heavy atom. The molecule has 1 rings (SSSR count). The van der Waals surface area contributed by atoms with Crippen LogP contribution in [0.2, 0.25) is 0 Å². The second-order valence-corrected chi connectivity index (χ2v) is 4.36. The lowest BCUT2D eigenvalue weighted by Gasteiger charge is -2.26. The fraction of sp³-hybridized carbons (Fsp3) is 0.538. The molecule has 0 radical (unpaired) electrons. The van der Waals surface area contributed by atoms with Gasteiger partial charge in [-0.3, -0.25) is 0 Å². The Balaban J connectivity index is 2.85. The van der Waals surface area contributed by atoms with Crippen molar-refractivity contribution in [3.8, 4) is 5.75 Å². The molecule has 1 aromatic rings. The largest absolute Gasteiger partial charge is 0.495 e. The van der Waals surface area contributed by atoms with Gasteiger partial charge in [-0.05, 0) is 12.8 Å². The van der Waals surface area contributed by atoms with E-state index in [1.807, 2.05) is 13.8 Å². The Morgan fingerprint density at radius 3 is 2.50 bits per heavy atom. The van der Waals surface area contributed by atoms with Crippen LogP contribution in [0.1, 0.15) is 26.7 Å². The van der Waals surface area contributed by atoms with E-state index in [2.05, 4.69) is 5.32 Å². The number of rotatable bonds is 6. The van der Waals surface area contributed by atoms with Gasteiger partial charge in [0.05, 0.1) is 24.1 Å². The Hall–Kier alpha value is -1.49. The second kappa shape index (κ2) is 5.91. The third-order valence-electron chi connectivity index (χ3n) is 3.24. The summed E-state index contributed by atoms with van der Waals surface area (Å²) in [5, 5.41) is 13.0. The van der Waals surface area contributed by atoms with Crippen molar-refractivity contribution in [2.45, 2.75) is 32.3 Å². The van der Waals surface area contributed by atoms with Crippen LogP contribution in [0.25, 0.3) is 0 Å². The summed E-state index contributed by atoms with van der Waals surface area (Å²) in [4.78, 5) is 0. The van der Waals surface area contributed by atoms with E-state index in [1.165, 1.54) is 19.2 Å². The molecule has 0 bridgehead atoms. The highest BCUT2D eigenvalue weighted by molar-refractivity contribution is 5.62. The number of nitrogens with one attached hydrogen (secondary N) is 1. The summed E-state index contributed by atoms with van der Waals surface area (Å²) in [6.45, 7) is 4.07. The SMILES string of the molecule is CCC(O)(CC)CNc1cc(OC)c(N)cc1F. The molecule has 0 spiro atoms. The molecular formula is C13H21FN2O2.